The van der Waals surface area contributed by atoms with Gasteiger partial charge in [-0.15, -0.1) is 0 Å². The molecule has 3 rings (SSSR count). The quantitative estimate of drug-likeness (QED) is 0.830. The lowest BCUT2D eigenvalue weighted by Crippen LogP contribution is -2.43. The van der Waals surface area contributed by atoms with E-state index in [1.54, 1.807) is 0 Å². The summed E-state index contributed by atoms with van der Waals surface area (Å²) in [5, 5.41) is 3.78. The molecule has 0 amide bonds. The van der Waals surface area contributed by atoms with Crippen LogP contribution in [0.5, 0.6) is 0 Å². The van der Waals surface area contributed by atoms with Crippen molar-refractivity contribution < 1.29 is 4.74 Å². The Kier molecular flexibility index (Phi) is 4.22. The van der Waals surface area contributed by atoms with Gasteiger partial charge in [0.2, 0.25) is 0 Å². The van der Waals surface area contributed by atoms with Crippen molar-refractivity contribution in [2.45, 2.75) is 51.2 Å². The number of nitrogens with zero attached hydrogens (tertiary/aromatic N) is 1. The van der Waals surface area contributed by atoms with Crippen molar-refractivity contribution >= 4 is 0 Å². The Labute approximate surface area is 111 Å². The first-order valence-electron chi connectivity index (χ1n) is 7.94. The summed E-state index contributed by atoms with van der Waals surface area (Å²) in [4.78, 5) is 2.65. The molecule has 104 valence electrons. The lowest BCUT2D eigenvalue weighted by Gasteiger charge is -2.28. The zero-order valence-corrected chi connectivity index (χ0v) is 11.7. The second kappa shape index (κ2) is 5.89. The molecule has 3 heteroatoms. The van der Waals surface area contributed by atoms with Crippen LogP contribution in [-0.2, 0) is 4.74 Å². The van der Waals surface area contributed by atoms with Crippen LogP contribution in [0.4, 0.5) is 0 Å². The van der Waals surface area contributed by atoms with Gasteiger partial charge < -0.3 is 10.1 Å². The van der Waals surface area contributed by atoms with E-state index in [0.717, 1.165) is 37.5 Å². The molecule has 2 heterocycles. The SMILES string of the molecule is CCC1CN(CC2NCC3CCCC32)CCCO1. The third kappa shape index (κ3) is 2.73. The molecule has 18 heavy (non-hydrogen) atoms. The van der Waals surface area contributed by atoms with E-state index in [-0.39, 0.29) is 0 Å². The molecule has 0 aromatic carbocycles. The van der Waals surface area contributed by atoms with Crippen LogP contribution in [0.15, 0.2) is 0 Å². The molecule has 0 radical (unpaired) electrons. The lowest BCUT2D eigenvalue weighted by molar-refractivity contribution is 0.0503. The standard InChI is InChI=1S/C15H28N2O/c1-2-13-10-17(7-4-8-18-13)11-15-14-6-3-5-12(14)9-16-15/h12-16H,2-11H2,1H3. The topological polar surface area (TPSA) is 24.5 Å². The van der Waals surface area contributed by atoms with Gasteiger partial charge in [0.1, 0.15) is 0 Å². The monoisotopic (exact) mass is 252 g/mol. The Morgan fingerprint density at radius 3 is 3.11 bits per heavy atom. The Balaban J connectivity index is 1.54. The molecular formula is C15H28N2O. The summed E-state index contributed by atoms with van der Waals surface area (Å²) in [6.45, 7) is 8.10. The Morgan fingerprint density at radius 1 is 1.28 bits per heavy atom. The molecular weight excluding hydrogens is 224 g/mol. The molecule has 0 spiro atoms. The van der Waals surface area contributed by atoms with Gasteiger partial charge in [-0.3, -0.25) is 4.90 Å². The molecule has 1 saturated carbocycles. The normalized spacial score (nSPS) is 41.8. The summed E-state index contributed by atoms with van der Waals surface area (Å²) in [7, 11) is 0. The Hall–Kier alpha value is -0.120. The summed E-state index contributed by atoms with van der Waals surface area (Å²) < 4.78 is 5.87. The fourth-order valence-corrected chi connectivity index (χ4v) is 4.16. The van der Waals surface area contributed by atoms with Gasteiger partial charge in [-0.05, 0) is 44.1 Å². The molecule has 4 unspecified atom stereocenters. The first-order valence-corrected chi connectivity index (χ1v) is 7.94. The number of hydrogen-bond donors (Lipinski definition) is 1. The maximum atomic E-state index is 5.87. The zero-order valence-electron chi connectivity index (χ0n) is 11.7. The van der Waals surface area contributed by atoms with Crippen molar-refractivity contribution in [1.29, 1.82) is 0 Å². The number of hydrogen-bond acceptors (Lipinski definition) is 3. The Bertz CT molecular complexity index is 271. The number of ether oxygens (including phenoxy) is 1. The van der Waals surface area contributed by atoms with Gasteiger partial charge in [0.25, 0.3) is 0 Å². The van der Waals surface area contributed by atoms with Crippen LogP contribution in [0, 0.1) is 11.8 Å². The minimum absolute atomic E-state index is 0.466. The predicted octanol–water partition coefficient (Wildman–Crippen LogP) is 1.88. The zero-order chi connectivity index (χ0) is 12.4. The van der Waals surface area contributed by atoms with Gasteiger partial charge in [0.15, 0.2) is 0 Å². The third-order valence-electron chi connectivity index (χ3n) is 5.22. The van der Waals surface area contributed by atoms with Gasteiger partial charge in [-0.1, -0.05) is 13.3 Å². The van der Waals surface area contributed by atoms with Gasteiger partial charge in [0.05, 0.1) is 6.10 Å². The first kappa shape index (κ1) is 12.9. The van der Waals surface area contributed by atoms with Crippen LogP contribution in [0.1, 0.15) is 39.0 Å². The minimum Gasteiger partial charge on any atom is -0.377 e. The van der Waals surface area contributed by atoms with Crippen molar-refractivity contribution in [3.05, 3.63) is 0 Å². The molecule has 0 aromatic heterocycles. The van der Waals surface area contributed by atoms with Crippen LogP contribution in [0.3, 0.4) is 0 Å². The predicted molar refractivity (Wildman–Crippen MR) is 73.7 cm³/mol. The summed E-state index contributed by atoms with van der Waals surface area (Å²) in [5.41, 5.74) is 0. The van der Waals surface area contributed by atoms with Crippen molar-refractivity contribution in [3.8, 4) is 0 Å². The number of nitrogens with one attached hydrogen (secondary N) is 1. The Morgan fingerprint density at radius 2 is 2.22 bits per heavy atom. The molecule has 0 bridgehead atoms. The maximum absolute atomic E-state index is 5.87. The lowest BCUT2D eigenvalue weighted by atomic mass is 9.94. The molecule has 3 nitrogen and oxygen atoms in total. The van der Waals surface area contributed by atoms with Crippen LogP contribution in [-0.4, -0.2) is 49.8 Å². The van der Waals surface area contributed by atoms with E-state index in [1.165, 1.54) is 45.3 Å². The molecule has 3 fully saturated rings. The van der Waals surface area contributed by atoms with Crippen molar-refractivity contribution in [2.24, 2.45) is 11.8 Å². The molecule has 1 N–H and O–H groups in total. The van der Waals surface area contributed by atoms with Crippen molar-refractivity contribution in [2.75, 3.05) is 32.8 Å². The van der Waals surface area contributed by atoms with E-state index in [2.05, 4.69) is 17.1 Å². The highest BCUT2D eigenvalue weighted by molar-refractivity contribution is 4.95. The second-order valence-corrected chi connectivity index (χ2v) is 6.38. The van der Waals surface area contributed by atoms with Crippen LogP contribution in [0.25, 0.3) is 0 Å². The molecule has 2 aliphatic heterocycles. The van der Waals surface area contributed by atoms with E-state index < -0.39 is 0 Å². The third-order valence-corrected chi connectivity index (χ3v) is 5.22. The highest BCUT2D eigenvalue weighted by atomic mass is 16.5. The number of fused-ring (bicyclic) bond motifs is 1. The summed E-state index contributed by atoms with van der Waals surface area (Å²) in [6, 6.07) is 0.758. The minimum atomic E-state index is 0.466. The first-order chi connectivity index (χ1) is 8.86. The van der Waals surface area contributed by atoms with E-state index in [0.29, 0.717) is 6.10 Å². The average molecular weight is 252 g/mol. The van der Waals surface area contributed by atoms with Gasteiger partial charge >= 0.3 is 0 Å². The molecule has 1 aliphatic carbocycles. The molecule has 3 aliphatic rings. The van der Waals surface area contributed by atoms with Gasteiger partial charge in [-0.2, -0.15) is 0 Å². The highest BCUT2D eigenvalue weighted by Gasteiger charge is 2.39. The van der Waals surface area contributed by atoms with Crippen LogP contribution < -0.4 is 5.32 Å². The second-order valence-electron chi connectivity index (χ2n) is 6.38. The van der Waals surface area contributed by atoms with Crippen molar-refractivity contribution in [3.63, 3.8) is 0 Å². The molecule has 4 atom stereocenters. The summed E-state index contributed by atoms with van der Waals surface area (Å²) in [6.07, 6.45) is 7.22. The van der Waals surface area contributed by atoms with Crippen molar-refractivity contribution in [1.82, 2.24) is 10.2 Å². The molecule has 0 aromatic rings. The molecule has 2 saturated heterocycles. The van der Waals surface area contributed by atoms with E-state index in [9.17, 15) is 0 Å². The van der Waals surface area contributed by atoms with E-state index in [4.69, 9.17) is 4.74 Å². The average Bonchev–Trinajstić information content (AvgIpc) is 2.90. The van der Waals surface area contributed by atoms with E-state index >= 15 is 0 Å². The smallest absolute Gasteiger partial charge is 0.0699 e. The number of rotatable bonds is 3. The van der Waals surface area contributed by atoms with E-state index in [1.807, 2.05) is 0 Å². The van der Waals surface area contributed by atoms with Crippen LogP contribution in [0.2, 0.25) is 0 Å². The fraction of sp³-hybridized carbons (Fsp3) is 1.00. The highest BCUT2D eigenvalue weighted by Crippen LogP contribution is 2.37. The van der Waals surface area contributed by atoms with Gasteiger partial charge in [-0.25, -0.2) is 0 Å². The van der Waals surface area contributed by atoms with Gasteiger partial charge in [0, 0.05) is 32.3 Å². The fourth-order valence-electron chi connectivity index (χ4n) is 4.16. The van der Waals surface area contributed by atoms with Crippen LogP contribution >= 0.6 is 0 Å². The summed E-state index contributed by atoms with van der Waals surface area (Å²) >= 11 is 0. The maximum Gasteiger partial charge on any atom is 0.0699 e. The largest absolute Gasteiger partial charge is 0.377 e. The summed E-state index contributed by atoms with van der Waals surface area (Å²) in [5.74, 6) is 1.95.